The summed E-state index contributed by atoms with van der Waals surface area (Å²) in [5, 5.41) is 2.86. The van der Waals surface area contributed by atoms with E-state index in [1.54, 1.807) is 13.0 Å². The first-order valence-electron chi connectivity index (χ1n) is 9.43. The number of hydrogen-bond donors (Lipinski definition) is 1. The Kier molecular flexibility index (Phi) is 6.71. The number of rotatable bonds is 6. The maximum Gasteiger partial charge on any atom is 0.262 e. The number of benzene rings is 1. The largest absolute Gasteiger partial charge is 0.340 e. The van der Waals surface area contributed by atoms with Gasteiger partial charge in [0.1, 0.15) is 6.04 Å². The molecule has 1 aliphatic heterocycles. The molecule has 0 aliphatic carbocycles. The van der Waals surface area contributed by atoms with Crippen LogP contribution in [-0.2, 0) is 4.79 Å². The summed E-state index contributed by atoms with van der Waals surface area (Å²) in [6.07, 6.45) is 3.01. The van der Waals surface area contributed by atoms with E-state index < -0.39 is 6.04 Å². The van der Waals surface area contributed by atoms with Crippen molar-refractivity contribution in [3.8, 4) is 0 Å². The molecule has 0 saturated carbocycles. The van der Waals surface area contributed by atoms with Gasteiger partial charge in [-0.3, -0.25) is 9.59 Å². The van der Waals surface area contributed by atoms with Crippen molar-refractivity contribution in [3.63, 3.8) is 0 Å². The Bertz CT molecular complexity index is 792. The lowest BCUT2D eigenvalue weighted by Gasteiger charge is -2.33. The van der Waals surface area contributed by atoms with Gasteiger partial charge in [-0.2, -0.15) is 0 Å². The molecule has 2 aromatic rings. The topological polar surface area (TPSA) is 49.4 Å². The molecule has 27 heavy (non-hydrogen) atoms. The fourth-order valence-electron chi connectivity index (χ4n) is 3.93. The Morgan fingerprint density at radius 1 is 1.26 bits per heavy atom. The van der Waals surface area contributed by atoms with Crippen molar-refractivity contribution in [2.45, 2.75) is 51.1 Å². The summed E-state index contributed by atoms with van der Waals surface area (Å²) in [6.45, 7) is 4.72. The molecule has 0 bridgehead atoms. The molecule has 1 fully saturated rings. The first kappa shape index (κ1) is 20.1. The molecular weight excluding hydrogens is 424 g/mol. The van der Waals surface area contributed by atoms with Crippen LogP contribution in [0.1, 0.15) is 54.3 Å². The molecular formula is C21H25BrN2O2S. The average Bonchev–Trinajstić information content (AvgIpc) is 3.32. The Balaban J connectivity index is 1.70. The van der Waals surface area contributed by atoms with Crippen molar-refractivity contribution in [2.75, 3.05) is 6.54 Å². The molecule has 144 valence electrons. The second-order valence-corrected chi connectivity index (χ2v) is 9.43. The van der Waals surface area contributed by atoms with Crippen LogP contribution in [0.15, 0.2) is 46.3 Å². The number of likely N-dealkylation sites (tertiary alicyclic amines) is 1. The van der Waals surface area contributed by atoms with Crippen LogP contribution in [0.5, 0.6) is 0 Å². The second kappa shape index (κ2) is 9.02. The number of nitrogens with zero attached hydrogens (tertiary/aromatic N) is 1. The van der Waals surface area contributed by atoms with Crippen molar-refractivity contribution >= 4 is 39.1 Å². The van der Waals surface area contributed by atoms with Crippen molar-refractivity contribution in [3.05, 3.63) is 56.7 Å². The third-order valence-electron chi connectivity index (χ3n) is 5.23. The summed E-state index contributed by atoms with van der Waals surface area (Å²) < 4.78 is 0.903. The van der Waals surface area contributed by atoms with E-state index in [9.17, 15) is 9.59 Å². The summed E-state index contributed by atoms with van der Waals surface area (Å²) >= 11 is 4.73. The first-order valence-corrected chi connectivity index (χ1v) is 11.0. The Hall–Kier alpha value is -1.66. The smallest absolute Gasteiger partial charge is 0.262 e. The molecule has 2 heterocycles. The number of amides is 2. The highest BCUT2D eigenvalue weighted by Gasteiger charge is 2.36. The maximum atomic E-state index is 13.1. The molecule has 3 rings (SSSR count). The van der Waals surface area contributed by atoms with Crippen LogP contribution in [0.2, 0.25) is 0 Å². The van der Waals surface area contributed by atoms with Gasteiger partial charge in [-0.05, 0) is 59.8 Å². The van der Waals surface area contributed by atoms with Crippen molar-refractivity contribution < 1.29 is 9.59 Å². The van der Waals surface area contributed by atoms with E-state index in [0.717, 1.165) is 29.6 Å². The highest BCUT2D eigenvalue weighted by Crippen LogP contribution is 2.34. The van der Waals surface area contributed by atoms with Gasteiger partial charge in [0.2, 0.25) is 5.91 Å². The summed E-state index contributed by atoms with van der Waals surface area (Å²) in [6, 6.07) is 13.7. The number of carbonyl (C=O) groups is 2. The lowest BCUT2D eigenvalue weighted by Crippen LogP contribution is -2.49. The molecule has 4 nitrogen and oxygen atoms in total. The van der Waals surface area contributed by atoms with Crippen LogP contribution in [0, 0.1) is 0 Å². The number of hydrogen-bond acceptors (Lipinski definition) is 3. The highest BCUT2D eigenvalue weighted by atomic mass is 79.9. The zero-order valence-electron chi connectivity index (χ0n) is 15.7. The molecule has 3 atom stereocenters. The Labute approximate surface area is 173 Å². The monoisotopic (exact) mass is 448 g/mol. The standard InChI is InChI=1S/C21H25BrN2O2S/c1-3-16(15-8-5-4-6-9-15)17-10-7-13-24(17)21(26)14(2)23-20(25)18-11-12-19(22)27-18/h4-6,8-9,11-12,14,16-17H,3,7,10,13H2,1-2H3,(H,23,25)/t14-,16-,17+/m1/s1. The van der Waals surface area contributed by atoms with Gasteiger partial charge in [0, 0.05) is 18.5 Å². The van der Waals surface area contributed by atoms with E-state index >= 15 is 0 Å². The zero-order chi connectivity index (χ0) is 19.4. The van der Waals surface area contributed by atoms with Crippen LogP contribution in [-0.4, -0.2) is 35.3 Å². The number of thiophene rings is 1. The SMILES string of the molecule is CC[C@H](c1ccccc1)[C@@H]1CCCN1C(=O)[C@@H](C)NC(=O)c1ccc(Br)s1. The molecule has 1 saturated heterocycles. The van der Waals surface area contributed by atoms with Gasteiger partial charge < -0.3 is 10.2 Å². The van der Waals surface area contributed by atoms with Crippen molar-refractivity contribution in [2.24, 2.45) is 0 Å². The minimum atomic E-state index is -0.535. The molecule has 1 aromatic carbocycles. The van der Waals surface area contributed by atoms with E-state index in [4.69, 9.17) is 0 Å². The fraction of sp³-hybridized carbons (Fsp3) is 0.429. The predicted octanol–water partition coefficient (Wildman–Crippen LogP) is 4.81. The minimum absolute atomic E-state index is 0.0100. The Morgan fingerprint density at radius 3 is 2.63 bits per heavy atom. The summed E-state index contributed by atoms with van der Waals surface area (Å²) in [5.41, 5.74) is 1.28. The maximum absolute atomic E-state index is 13.1. The zero-order valence-corrected chi connectivity index (χ0v) is 18.1. The van der Waals surface area contributed by atoms with Gasteiger partial charge in [0.15, 0.2) is 0 Å². The van der Waals surface area contributed by atoms with Gasteiger partial charge in [-0.15, -0.1) is 11.3 Å². The summed E-state index contributed by atoms with van der Waals surface area (Å²) in [4.78, 5) is 28.1. The van der Waals surface area contributed by atoms with Crippen molar-refractivity contribution in [1.29, 1.82) is 0 Å². The molecule has 0 radical (unpaired) electrons. The van der Waals surface area contributed by atoms with E-state index in [2.05, 4.69) is 52.4 Å². The van der Waals surface area contributed by atoms with Gasteiger partial charge >= 0.3 is 0 Å². The van der Waals surface area contributed by atoms with Gasteiger partial charge in [-0.25, -0.2) is 0 Å². The van der Waals surface area contributed by atoms with Crippen LogP contribution in [0.25, 0.3) is 0 Å². The van der Waals surface area contributed by atoms with E-state index in [0.29, 0.717) is 10.8 Å². The molecule has 0 spiro atoms. The normalized spacial score (nSPS) is 18.9. The van der Waals surface area contributed by atoms with E-state index in [-0.39, 0.29) is 17.9 Å². The molecule has 1 aliphatic rings. The van der Waals surface area contributed by atoms with Crippen LogP contribution < -0.4 is 5.32 Å². The summed E-state index contributed by atoms with van der Waals surface area (Å²) in [5.74, 6) is 0.141. The Morgan fingerprint density at radius 2 is 2.00 bits per heavy atom. The highest BCUT2D eigenvalue weighted by molar-refractivity contribution is 9.11. The second-order valence-electron chi connectivity index (χ2n) is 6.97. The third-order valence-corrected chi connectivity index (χ3v) is 6.85. The average molecular weight is 449 g/mol. The molecule has 2 amide bonds. The van der Waals surface area contributed by atoms with Crippen LogP contribution >= 0.6 is 27.3 Å². The van der Waals surface area contributed by atoms with Gasteiger partial charge in [0.25, 0.3) is 5.91 Å². The van der Waals surface area contributed by atoms with Crippen LogP contribution in [0.3, 0.4) is 0 Å². The molecule has 0 unspecified atom stereocenters. The molecule has 1 N–H and O–H groups in total. The van der Waals surface area contributed by atoms with Gasteiger partial charge in [0.05, 0.1) is 8.66 Å². The minimum Gasteiger partial charge on any atom is -0.340 e. The quantitative estimate of drug-likeness (QED) is 0.688. The number of carbonyl (C=O) groups excluding carboxylic acids is 2. The predicted molar refractivity (Wildman–Crippen MR) is 113 cm³/mol. The van der Waals surface area contributed by atoms with E-state index in [1.165, 1.54) is 16.9 Å². The van der Waals surface area contributed by atoms with E-state index in [1.807, 2.05) is 17.0 Å². The first-order chi connectivity index (χ1) is 13.0. The lowest BCUT2D eigenvalue weighted by atomic mass is 9.87. The number of nitrogens with one attached hydrogen (secondary N) is 1. The molecule has 1 aromatic heterocycles. The lowest BCUT2D eigenvalue weighted by molar-refractivity contribution is -0.134. The van der Waals surface area contributed by atoms with Crippen molar-refractivity contribution in [1.82, 2.24) is 10.2 Å². The number of halogens is 1. The summed E-state index contributed by atoms with van der Waals surface area (Å²) in [7, 11) is 0. The third kappa shape index (κ3) is 4.61. The van der Waals surface area contributed by atoms with Gasteiger partial charge in [-0.1, -0.05) is 37.3 Å². The van der Waals surface area contributed by atoms with Crippen LogP contribution in [0.4, 0.5) is 0 Å². The molecule has 6 heteroatoms. The fourth-order valence-corrected chi connectivity index (χ4v) is 5.22.